The molecular weight excluding hydrogens is 546 g/mol. The van der Waals surface area contributed by atoms with Gasteiger partial charge in [0, 0.05) is 0 Å². The number of rotatable bonds is 2. The molecule has 0 N–H and O–H groups in total. The summed E-state index contributed by atoms with van der Waals surface area (Å²) < 4.78 is 0. The minimum atomic E-state index is 0. The Hall–Kier alpha value is -0.747. The van der Waals surface area contributed by atoms with E-state index in [1.54, 1.807) is 0 Å². The third-order valence-electron chi connectivity index (χ3n) is 6.64. The molecule has 0 aliphatic heterocycles. The smallest absolute Gasteiger partial charge is 1.00 e. The number of fused-ring (bicyclic) bond motifs is 3. The van der Waals surface area contributed by atoms with Gasteiger partial charge >= 0.3 is 26.2 Å². The molecule has 0 saturated heterocycles. The third kappa shape index (κ3) is 8.38. The van der Waals surface area contributed by atoms with Crippen LogP contribution < -0.4 is 24.8 Å². The summed E-state index contributed by atoms with van der Waals surface area (Å²) in [6, 6.07) is 16.2. The first-order valence-corrected chi connectivity index (χ1v) is 12.2. The van der Waals surface area contributed by atoms with Gasteiger partial charge in [-0.2, -0.15) is 5.57 Å². The molecule has 0 heterocycles. The number of benzene rings is 2. The van der Waals surface area contributed by atoms with Crippen molar-refractivity contribution in [1.82, 2.24) is 0 Å². The zero-order valence-corrected chi connectivity index (χ0v) is 27.2. The zero-order chi connectivity index (χ0) is 23.8. The van der Waals surface area contributed by atoms with Crippen molar-refractivity contribution >= 4 is 21.5 Å². The molecule has 4 rings (SSSR count). The molecule has 35 heavy (non-hydrogen) atoms. The maximum Gasteiger partial charge on any atom is 4.00 e. The molecule has 3 aromatic carbocycles. The van der Waals surface area contributed by atoms with Crippen molar-refractivity contribution in [3.05, 3.63) is 76.9 Å². The van der Waals surface area contributed by atoms with Gasteiger partial charge in [-0.15, -0.1) is 46.2 Å². The first-order valence-electron chi connectivity index (χ1n) is 12.2. The molecule has 0 spiro atoms. The third-order valence-corrected chi connectivity index (χ3v) is 6.64. The van der Waals surface area contributed by atoms with Crippen molar-refractivity contribution in [3.8, 4) is 0 Å². The average Bonchev–Trinajstić information content (AvgIpc) is 3.31. The summed E-state index contributed by atoms with van der Waals surface area (Å²) in [5.74, 6) is 1.34. The first kappa shape index (κ1) is 34.3. The molecule has 0 fully saturated rings. The van der Waals surface area contributed by atoms with Crippen molar-refractivity contribution < 1.29 is 51.0 Å². The van der Waals surface area contributed by atoms with E-state index in [0.29, 0.717) is 11.8 Å². The van der Waals surface area contributed by atoms with Crippen LogP contribution in [0.1, 0.15) is 86.8 Å². The molecule has 3 aromatic rings. The van der Waals surface area contributed by atoms with Crippen molar-refractivity contribution in [2.75, 3.05) is 0 Å². The predicted octanol–water partition coefficient (Wildman–Crippen LogP) is 3.67. The Labute approximate surface area is 246 Å². The summed E-state index contributed by atoms with van der Waals surface area (Å²) in [7, 11) is 0. The van der Waals surface area contributed by atoms with Crippen LogP contribution in [0.2, 0.25) is 0 Å². The number of hydrogen-bond acceptors (Lipinski definition) is 0. The molecule has 0 atom stereocenters. The standard InChI is InChI=1S/C21H25.C11H17.2ClH.Zr/c1-20(2,3)16-7-9-18-14(12-16)11-15-13-17(21(4,5)6)8-10-19(15)18;1-8(2)10-5-6-11(7-10)9(3)4;;;/h7-13H,1-6H3;7-9H,5H2,1-4H3;2*1H;/q2*-1;;;+4/p-2. The summed E-state index contributed by atoms with van der Waals surface area (Å²) in [6.07, 6.45) is 6.79. The van der Waals surface area contributed by atoms with Crippen LogP contribution in [0.4, 0.5) is 0 Å². The molecule has 0 aromatic heterocycles. The van der Waals surface area contributed by atoms with E-state index >= 15 is 0 Å². The Bertz CT molecular complexity index is 1090. The predicted molar refractivity (Wildman–Crippen MR) is 144 cm³/mol. The van der Waals surface area contributed by atoms with E-state index in [4.69, 9.17) is 0 Å². The summed E-state index contributed by atoms with van der Waals surface area (Å²) in [5.41, 5.74) is 6.15. The quantitative estimate of drug-likeness (QED) is 0.401. The molecule has 3 heteroatoms. The molecule has 0 nitrogen and oxygen atoms in total. The fourth-order valence-electron chi connectivity index (χ4n) is 4.20. The summed E-state index contributed by atoms with van der Waals surface area (Å²) in [6.45, 7) is 22.6. The van der Waals surface area contributed by atoms with E-state index in [-0.39, 0.29) is 61.8 Å². The first-order chi connectivity index (χ1) is 14.8. The molecule has 0 saturated carbocycles. The molecule has 0 unspecified atom stereocenters. The molecule has 188 valence electrons. The van der Waals surface area contributed by atoms with Crippen LogP contribution in [0.3, 0.4) is 0 Å². The topological polar surface area (TPSA) is 0 Å². The summed E-state index contributed by atoms with van der Waals surface area (Å²) in [4.78, 5) is 0. The second-order valence-corrected chi connectivity index (χ2v) is 12.1. The van der Waals surface area contributed by atoms with Crippen molar-refractivity contribution in [3.63, 3.8) is 0 Å². The second-order valence-electron chi connectivity index (χ2n) is 12.1. The molecular formula is C32H42Cl2Zr. The van der Waals surface area contributed by atoms with Crippen LogP contribution in [0.5, 0.6) is 0 Å². The SMILES string of the molecule is CC(C)(C)c1ccc2c(c1)[cH-]c1cc(C(C)(C)C)ccc12.CC(C)C1=[C-]CC(C(C)C)=C1.[Cl-].[Cl-].[Zr+4]. The van der Waals surface area contributed by atoms with Crippen molar-refractivity contribution in [2.45, 2.75) is 86.5 Å². The van der Waals surface area contributed by atoms with E-state index in [9.17, 15) is 0 Å². The van der Waals surface area contributed by atoms with Gasteiger partial charge in [-0.1, -0.05) is 111 Å². The van der Waals surface area contributed by atoms with E-state index in [1.165, 1.54) is 43.8 Å². The van der Waals surface area contributed by atoms with Crippen LogP contribution in [0.25, 0.3) is 21.5 Å². The summed E-state index contributed by atoms with van der Waals surface area (Å²) in [5, 5.41) is 5.48. The van der Waals surface area contributed by atoms with Crippen LogP contribution in [0, 0.1) is 17.9 Å². The maximum atomic E-state index is 3.41. The minimum Gasteiger partial charge on any atom is -1.00 e. The molecule has 0 amide bonds. The van der Waals surface area contributed by atoms with Crippen molar-refractivity contribution in [1.29, 1.82) is 0 Å². The van der Waals surface area contributed by atoms with Crippen LogP contribution in [0.15, 0.2) is 59.7 Å². The zero-order valence-electron chi connectivity index (χ0n) is 23.2. The number of halogens is 2. The largest absolute Gasteiger partial charge is 4.00 e. The van der Waals surface area contributed by atoms with Gasteiger partial charge in [0.05, 0.1) is 0 Å². The van der Waals surface area contributed by atoms with Gasteiger partial charge in [-0.3, -0.25) is 6.08 Å². The normalized spacial score (nSPS) is 13.5. The Morgan fingerprint density at radius 2 is 1.14 bits per heavy atom. The van der Waals surface area contributed by atoms with E-state index < -0.39 is 0 Å². The van der Waals surface area contributed by atoms with Crippen LogP contribution in [-0.4, -0.2) is 0 Å². The molecule has 1 aliphatic rings. The van der Waals surface area contributed by atoms with Crippen molar-refractivity contribution in [2.24, 2.45) is 11.8 Å². The maximum absolute atomic E-state index is 3.41. The molecule has 0 radical (unpaired) electrons. The van der Waals surface area contributed by atoms with Crippen LogP contribution in [-0.2, 0) is 37.0 Å². The van der Waals surface area contributed by atoms with Gasteiger partial charge in [0.25, 0.3) is 0 Å². The van der Waals surface area contributed by atoms with Crippen LogP contribution >= 0.6 is 0 Å². The van der Waals surface area contributed by atoms with E-state index in [0.717, 1.165) is 6.42 Å². The fourth-order valence-corrected chi connectivity index (χ4v) is 4.20. The van der Waals surface area contributed by atoms with Gasteiger partial charge in [-0.25, -0.2) is 11.6 Å². The van der Waals surface area contributed by atoms with E-state index in [1.807, 2.05) is 0 Å². The fraction of sp³-hybridized carbons (Fsp3) is 0.469. The minimum absolute atomic E-state index is 0. The average molecular weight is 589 g/mol. The second kappa shape index (κ2) is 13.2. The van der Waals surface area contributed by atoms with E-state index in [2.05, 4.69) is 124 Å². The van der Waals surface area contributed by atoms with Gasteiger partial charge in [0.2, 0.25) is 0 Å². The Balaban J connectivity index is 0.000000714. The van der Waals surface area contributed by atoms with Gasteiger partial charge < -0.3 is 24.8 Å². The number of allylic oxidation sites excluding steroid dienone is 4. The Morgan fingerprint density at radius 1 is 0.714 bits per heavy atom. The Kier molecular flexibility index (Phi) is 12.9. The molecule has 1 aliphatic carbocycles. The Morgan fingerprint density at radius 3 is 1.43 bits per heavy atom. The van der Waals surface area contributed by atoms with Gasteiger partial charge in [0.15, 0.2) is 0 Å². The number of hydrogen-bond donors (Lipinski definition) is 0. The van der Waals surface area contributed by atoms with Gasteiger partial charge in [-0.05, 0) is 16.7 Å². The van der Waals surface area contributed by atoms with Gasteiger partial charge in [0.1, 0.15) is 0 Å². The molecule has 0 bridgehead atoms. The summed E-state index contributed by atoms with van der Waals surface area (Å²) >= 11 is 0. The monoisotopic (exact) mass is 586 g/mol.